The van der Waals surface area contributed by atoms with E-state index in [1.54, 1.807) is 36.6 Å². The van der Waals surface area contributed by atoms with Crippen molar-refractivity contribution >= 4 is 17.2 Å². The lowest BCUT2D eigenvalue weighted by atomic mass is 10.1. The van der Waals surface area contributed by atoms with Crippen molar-refractivity contribution in [3.63, 3.8) is 0 Å². The highest BCUT2D eigenvalue weighted by molar-refractivity contribution is 7.10. The normalized spacial score (nSPS) is 12.0. The molecule has 0 spiro atoms. The number of benzene rings is 1. The van der Waals surface area contributed by atoms with Gasteiger partial charge in [-0.3, -0.25) is 4.79 Å². The van der Waals surface area contributed by atoms with Gasteiger partial charge in [-0.15, -0.1) is 11.3 Å². The lowest BCUT2D eigenvalue weighted by Crippen LogP contribution is -3.06. The third-order valence-corrected chi connectivity index (χ3v) is 4.92. The number of quaternary nitrogens is 1. The third kappa shape index (κ3) is 5.21. The number of carbonyl (C=O) groups is 1. The Morgan fingerprint density at radius 1 is 1.28 bits per heavy atom. The van der Waals surface area contributed by atoms with Crippen LogP contribution in [0.25, 0.3) is 0 Å². The zero-order chi connectivity index (χ0) is 18.2. The second-order valence-electron chi connectivity index (χ2n) is 6.07. The highest BCUT2D eigenvalue weighted by atomic mass is 32.1. The van der Waals surface area contributed by atoms with Crippen LogP contribution in [0, 0.1) is 0 Å². The Labute approximate surface area is 153 Å². The molecule has 0 fully saturated rings. The molecule has 136 valence electrons. The molecule has 1 heterocycles. The zero-order valence-corrected chi connectivity index (χ0v) is 16.1. The van der Waals surface area contributed by atoms with Gasteiger partial charge in [0.25, 0.3) is 5.91 Å². The van der Waals surface area contributed by atoms with E-state index in [4.69, 9.17) is 9.47 Å². The van der Waals surface area contributed by atoms with Gasteiger partial charge in [-0.25, -0.2) is 0 Å². The predicted molar refractivity (Wildman–Crippen MR) is 101 cm³/mol. The van der Waals surface area contributed by atoms with Crippen molar-refractivity contribution in [1.82, 2.24) is 5.32 Å². The molecule has 1 aromatic carbocycles. The Balaban J connectivity index is 2.04. The smallest absolute Gasteiger partial charge is 0.251 e. The first-order valence-corrected chi connectivity index (χ1v) is 9.37. The average Bonchev–Trinajstić information content (AvgIpc) is 3.13. The molecule has 0 radical (unpaired) electrons. The molecule has 1 aromatic heterocycles. The lowest BCUT2D eigenvalue weighted by molar-refractivity contribution is -0.890. The Kier molecular flexibility index (Phi) is 7.28. The number of methoxy groups -OCH3 is 1. The summed E-state index contributed by atoms with van der Waals surface area (Å²) in [5.41, 5.74) is 0.569. The van der Waals surface area contributed by atoms with Crippen LogP contribution in [-0.4, -0.2) is 40.3 Å². The zero-order valence-electron chi connectivity index (χ0n) is 15.3. The summed E-state index contributed by atoms with van der Waals surface area (Å²) in [5, 5.41) is 5.10. The fraction of sp³-hybridized carbons (Fsp3) is 0.421. The van der Waals surface area contributed by atoms with Crippen molar-refractivity contribution in [3.8, 4) is 11.5 Å². The monoisotopic (exact) mass is 363 g/mol. The molecule has 1 atom stereocenters. The van der Waals surface area contributed by atoms with E-state index in [0.29, 0.717) is 30.2 Å². The number of rotatable bonds is 9. The van der Waals surface area contributed by atoms with Gasteiger partial charge < -0.3 is 19.7 Å². The van der Waals surface area contributed by atoms with E-state index in [0.717, 1.165) is 6.42 Å². The molecule has 0 aliphatic rings. The Bertz CT molecular complexity index is 671. The van der Waals surface area contributed by atoms with E-state index in [9.17, 15) is 4.79 Å². The van der Waals surface area contributed by atoms with Crippen LogP contribution in [0.4, 0.5) is 0 Å². The summed E-state index contributed by atoms with van der Waals surface area (Å²) in [6.45, 7) is 3.25. The molecule has 5 nitrogen and oxygen atoms in total. The molecule has 2 N–H and O–H groups in total. The molecule has 0 bridgehead atoms. The van der Waals surface area contributed by atoms with Gasteiger partial charge in [0.1, 0.15) is 6.04 Å². The fourth-order valence-electron chi connectivity index (χ4n) is 2.52. The van der Waals surface area contributed by atoms with Gasteiger partial charge in [0.2, 0.25) is 0 Å². The standard InChI is InChI=1S/C19H26N2O3S/c1-5-10-24-16-9-8-14(12-17(16)23-4)19(22)20-13-15(21(2)3)18-7-6-11-25-18/h6-9,11-12,15H,5,10,13H2,1-4H3,(H,20,22)/p+1/t15-/m1/s1. The van der Waals surface area contributed by atoms with E-state index in [1.807, 2.05) is 13.0 Å². The lowest BCUT2D eigenvalue weighted by Gasteiger charge is -2.20. The topological polar surface area (TPSA) is 52.0 Å². The number of nitrogens with one attached hydrogen (secondary N) is 2. The van der Waals surface area contributed by atoms with Crippen LogP contribution in [0.1, 0.15) is 34.6 Å². The molecule has 2 aromatic rings. The molecule has 6 heteroatoms. The van der Waals surface area contributed by atoms with Gasteiger partial charge in [0.05, 0.1) is 39.2 Å². The first-order valence-electron chi connectivity index (χ1n) is 8.49. The average molecular weight is 364 g/mol. The minimum absolute atomic E-state index is 0.108. The molecule has 0 aliphatic carbocycles. The van der Waals surface area contributed by atoms with Crippen molar-refractivity contribution in [1.29, 1.82) is 0 Å². The number of likely N-dealkylation sites (N-methyl/N-ethyl adjacent to an activating group) is 1. The quantitative estimate of drug-likeness (QED) is 0.718. The van der Waals surface area contributed by atoms with Gasteiger partial charge in [-0.2, -0.15) is 0 Å². The summed E-state index contributed by atoms with van der Waals surface area (Å²) in [4.78, 5) is 15.1. The van der Waals surface area contributed by atoms with E-state index >= 15 is 0 Å². The van der Waals surface area contributed by atoms with Crippen LogP contribution in [-0.2, 0) is 0 Å². The molecule has 2 rings (SSSR count). The predicted octanol–water partition coefficient (Wildman–Crippen LogP) is 2.16. The minimum Gasteiger partial charge on any atom is -0.493 e. The molecule has 0 saturated heterocycles. The summed E-state index contributed by atoms with van der Waals surface area (Å²) in [7, 11) is 5.77. The second-order valence-corrected chi connectivity index (χ2v) is 7.05. The van der Waals surface area contributed by atoms with Gasteiger partial charge in [0.15, 0.2) is 11.5 Å². The molecule has 25 heavy (non-hydrogen) atoms. The van der Waals surface area contributed by atoms with E-state index in [1.165, 1.54) is 9.78 Å². The molecular formula is C19H27N2O3S+. The maximum atomic E-state index is 12.5. The highest BCUT2D eigenvalue weighted by Gasteiger charge is 2.20. The summed E-state index contributed by atoms with van der Waals surface area (Å²) in [5.74, 6) is 1.13. The second kappa shape index (κ2) is 9.44. The van der Waals surface area contributed by atoms with Gasteiger partial charge >= 0.3 is 0 Å². The van der Waals surface area contributed by atoms with Crippen molar-refractivity contribution in [2.24, 2.45) is 0 Å². The summed E-state index contributed by atoms with van der Waals surface area (Å²) in [6, 6.07) is 9.67. The summed E-state index contributed by atoms with van der Waals surface area (Å²) in [6.07, 6.45) is 0.919. The van der Waals surface area contributed by atoms with Crippen LogP contribution in [0.3, 0.4) is 0 Å². The number of hydrogen-bond acceptors (Lipinski definition) is 4. The van der Waals surface area contributed by atoms with Crippen molar-refractivity contribution in [3.05, 3.63) is 46.2 Å². The molecule has 0 saturated carbocycles. The SMILES string of the molecule is CCCOc1ccc(C(=O)NC[C@H](c2cccs2)[NH+](C)C)cc1OC. The van der Waals surface area contributed by atoms with E-state index in [-0.39, 0.29) is 11.9 Å². The largest absolute Gasteiger partial charge is 0.493 e. The third-order valence-electron chi connectivity index (χ3n) is 3.94. The first-order chi connectivity index (χ1) is 12.1. The van der Waals surface area contributed by atoms with Crippen LogP contribution in [0.5, 0.6) is 11.5 Å². The van der Waals surface area contributed by atoms with Crippen molar-refractivity contribution < 1.29 is 19.2 Å². The number of hydrogen-bond donors (Lipinski definition) is 2. The molecule has 0 aliphatic heterocycles. The Morgan fingerprint density at radius 2 is 2.08 bits per heavy atom. The van der Waals surface area contributed by atoms with Crippen LogP contribution >= 0.6 is 11.3 Å². The Hall–Kier alpha value is -2.05. The number of thiophene rings is 1. The summed E-state index contributed by atoms with van der Waals surface area (Å²) < 4.78 is 11.0. The van der Waals surface area contributed by atoms with Gasteiger partial charge in [0, 0.05) is 5.56 Å². The van der Waals surface area contributed by atoms with Crippen molar-refractivity contribution in [2.75, 3.05) is 34.4 Å². The highest BCUT2D eigenvalue weighted by Crippen LogP contribution is 2.28. The van der Waals surface area contributed by atoms with Crippen LogP contribution < -0.4 is 19.7 Å². The fourth-order valence-corrected chi connectivity index (χ4v) is 3.47. The maximum Gasteiger partial charge on any atom is 0.251 e. The molecular weight excluding hydrogens is 336 g/mol. The molecule has 0 unspecified atom stereocenters. The van der Waals surface area contributed by atoms with Gasteiger partial charge in [-0.05, 0) is 36.1 Å². The van der Waals surface area contributed by atoms with E-state index in [2.05, 4.69) is 30.9 Å². The Morgan fingerprint density at radius 3 is 2.68 bits per heavy atom. The number of ether oxygens (including phenoxy) is 2. The van der Waals surface area contributed by atoms with Gasteiger partial charge in [-0.1, -0.05) is 13.0 Å². The van der Waals surface area contributed by atoms with Crippen LogP contribution in [0.15, 0.2) is 35.7 Å². The number of amides is 1. The van der Waals surface area contributed by atoms with Crippen molar-refractivity contribution in [2.45, 2.75) is 19.4 Å². The van der Waals surface area contributed by atoms with E-state index < -0.39 is 0 Å². The summed E-state index contributed by atoms with van der Waals surface area (Å²) >= 11 is 1.71. The maximum absolute atomic E-state index is 12.5. The first kappa shape index (κ1) is 19.3. The molecule has 1 amide bonds. The van der Waals surface area contributed by atoms with Crippen LogP contribution in [0.2, 0.25) is 0 Å². The minimum atomic E-state index is -0.108. The number of carbonyl (C=O) groups excluding carboxylic acids is 1.